The van der Waals surface area contributed by atoms with Gasteiger partial charge in [0.25, 0.3) is 15.9 Å². The summed E-state index contributed by atoms with van der Waals surface area (Å²) in [6, 6.07) is 12.2. The number of carbonyl (C=O) groups is 2. The van der Waals surface area contributed by atoms with Crippen LogP contribution in [-0.4, -0.2) is 26.9 Å². The summed E-state index contributed by atoms with van der Waals surface area (Å²) in [6.07, 6.45) is 1.49. The van der Waals surface area contributed by atoms with Gasteiger partial charge >= 0.3 is 5.97 Å². The molecule has 0 aliphatic rings. The van der Waals surface area contributed by atoms with Gasteiger partial charge in [-0.25, -0.2) is 13.2 Å². The van der Waals surface area contributed by atoms with Crippen LogP contribution in [0, 0.1) is 0 Å². The van der Waals surface area contributed by atoms with E-state index in [0.717, 1.165) is 11.3 Å². The number of rotatable bonds is 8. The highest BCUT2D eigenvalue weighted by Crippen LogP contribution is 2.27. The number of halogens is 1. The average Bonchev–Trinajstić information content (AvgIpc) is 3.36. The van der Waals surface area contributed by atoms with Crippen LogP contribution in [0.15, 0.2) is 67.2 Å². The first-order valence-electron chi connectivity index (χ1n) is 8.18. The van der Waals surface area contributed by atoms with E-state index in [2.05, 4.69) is 26.0 Å². The van der Waals surface area contributed by atoms with Gasteiger partial charge in [0.2, 0.25) is 0 Å². The molecule has 2 aromatic heterocycles. The minimum absolute atomic E-state index is 0.161. The van der Waals surface area contributed by atoms with E-state index < -0.39 is 28.5 Å². The number of furan rings is 1. The van der Waals surface area contributed by atoms with E-state index in [1.54, 1.807) is 18.2 Å². The van der Waals surface area contributed by atoms with Gasteiger partial charge in [-0.3, -0.25) is 9.52 Å². The van der Waals surface area contributed by atoms with E-state index in [1.165, 1.54) is 36.6 Å². The normalized spacial score (nSPS) is 11.1. The van der Waals surface area contributed by atoms with Gasteiger partial charge in [-0.1, -0.05) is 0 Å². The number of esters is 1. The smallest absolute Gasteiger partial charge is 0.338 e. The van der Waals surface area contributed by atoms with E-state index in [-0.39, 0.29) is 16.3 Å². The second-order valence-corrected chi connectivity index (χ2v) is 10.0. The molecule has 8 nitrogen and oxygen atoms in total. The maximum atomic E-state index is 12.3. The van der Waals surface area contributed by atoms with Gasteiger partial charge in [0, 0.05) is 5.69 Å². The van der Waals surface area contributed by atoms with Crippen LogP contribution in [0.1, 0.15) is 16.1 Å². The number of hydrogen-bond acceptors (Lipinski definition) is 7. The largest absolute Gasteiger partial charge is 0.467 e. The number of benzene rings is 1. The van der Waals surface area contributed by atoms with Crippen LogP contribution in [-0.2, 0) is 26.1 Å². The predicted molar refractivity (Wildman–Crippen MR) is 110 cm³/mol. The summed E-state index contributed by atoms with van der Waals surface area (Å²) in [5, 5.41) is 2.56. The molecule has 11 heteroatoms. The molecule has 0 unspecified atom stereocenters. The lowest BCUT2D eigenvalue weighted by molar-refractivity contribution is -0.124. The van der Waals surface area contributed by atoms with Crippen LogP contribution in [0.2, 0.25) is 0 Å². The Morgan fingerprint density at radius 3 is 2.48 bits per heavy atom. The lowest BCUT2D eigenvalue weighted by Gasteiger charge is -2.08. The highest BCUT2D eigenvalue weighted by Gasteiger charge is 2.17. The first kappa shape index (κ1) is 21.1. The van der Waals surface area contributed by atoms with Gasteiger partial charge in [-0.05, 0) is 64.5 Å². The van der Waals surface area contributed by atoms with Crippen LogP contribution in [0.3, 0.4) is 0 Å². The molecule has 1 aromatic carbocycles. The standard InChI is InChI=1S/C18H15BrN2O6S2/c19-15-7-8-17(28-15)29(24,25)21-13-5-3-12(4-6-13)18(23)27-11-16(22)20-10-14-2-1-9-26-14/h1-9,21H,10-11H2,(H,20,22). The summed E-state index contributed by atoms with van der Waals surface area (Å²) < 4.78 is 37.9. The van der Waals surface area contributed by atoms with Crippen molar-refractivity contribution < 1.29 is 27.2 Å². The number of ether oxygens (including phenoxy) is 1. The summed E-state index contributed by atoms with van der Waals surface area (Å²) >= 11 is 4.30. The Hall–Kier alpha value is -2.63. The summed E-state index contributed by atoms with van der Waals surface area (Å²) in [6.45, 7) is -0.250. The molecule has 0 fully saturated rings. The van der Waals surface area contributed by atoms with Crippen molar-refractivity contribution in [3.05, 3.63) is 69.9 Å². The number of hydrogen-bond donors (Lipinski definition) is 2. The highest BCUT2D eigenvalue weighted by molar-refractivity contribution is 9.11. The number of thiophene rings is 1. The van der Waals surface area contributed by atoms with Crippen LogP contribution < -0.4 is 10.0 Å². The molecule has 3 aromatic rings. The van der Waals surface area contributed by atoms with Crippen LogP contribution in [0.4, 0.5) is 5.69 Å². The zero-order chi connectivity index (χ0) is 20.9. The van der Waals surface area contributed by atoms with Crippen LogP contribution in [0.5, 0.6) is 0 Å². The van der Waals surface area contributed by atoms with Crippen molar-refractivity contribution in [3.8, 4) is 0 Å². The number of anilines is 1. The van der Waals surface area contributed by atoms with E-state index in [9.17, 15) is 18.0 Å². The second kappa shape index (κ2) is 9.25. The zero-order valence-corrected chi connectivity index (χ0v) is 18.0. The second-order valence-electron chi connectivity index (χ2n) is 5.67. The fraction of sp³-hybridized carbons (Fsp3) is 0.111. The molecule has 0 atom stereocenters. The van der Waals surface area contributed by atoms with Crippen LogP contribution >= 0.6 is 27.3 Å². The molecule has 3 rings (SSSR count). The molecule has 2 N–H and O–H groups in total. The van der Waals surface area contributed by atoms with Crippen LogP contribution in [0.25, 0.3) is 0 Å². The molecule has 2 heterocycles. The van der Waals surface area contributed by atoms with Gasteiger partial charge in [0.15, 0.2) is 6.61 Å². The molecule has 0 aliphatic heterocycles. The first-order chi connectivity index (χ1) is 13.8. The molecule has 0 saturated carbocycles. The van der Waals surface area contributed by atoms with E-state index in [0.29, 0.717) is 15.2 Å². The average molecular weight is 499 g/mol. The predicted octanol–water partition coefficient (Wildman–Crippen LogP) is 3.38. The third kappa shape index (κ3) is 5.92. The summed E-state index contributed by atoms with van der Waals surface area (Å²) in [7, 11) is -3.71. The van der Waals surface area contributed by atoms with Crippen molar-refractivity contribution in [2.45, 2.75) is 10.8 Å². The summed E-state index contributed by atoms with van der Waals surface area (Å²) in [5.41, 5.74) is 0.480. The molecular formula is C18H15BrN2O6S2. The molecule has 0 radical (unpaired) electrons. The lowest BCUT2D eigenvalue weighted by Crippen LogP contribution is -2.28. The Labute approximate surface area is 179 Å². The number of sulfonamides is 1. The zero-order valence-electron chi connectivity index (χ0n) is 14.8. The molecule has 0 aliphatic carbocycles. The van der Waals surface area contributed by atoms with Gasteiger partial charge in [0.05, 0.1) is 22.2 Å². The quantitative estimate of drug-likeness (QED) is 0.460. The molecule has 0 saturated heterocycles. The molecule has 0 spiro atoms. The van der Waals surface area contributed by atoms with Crippen molar-refractivity contribution in [1.29, 1.82) is 0 Å². The fourth-order valence-corrected chi connectivity index (χ4v) is 5.25. The van der Waals surface area contributed by atoms with E-state index in [4.69, 9.17) is 9.15 Å². The number of nitrogens with one attached hydrogen (secondary N) is 2. The highest BCUT2D eigenvalue weighted by atomic mass is 79.9. The topological polar surface area (TPSA) is 115 Å². The SMILES string of the molecule is O=C(COC(=O)c1ccc(NS(=O)(=O)c2ccc(Br)s2)cc1)NCc1ccco1. The molecule has 0 bridgehead atoms. The molecule has 29 heavy (non-hydrogen) atoms. The maximum Gasteiger partial charge on any atom is 0.338 e. The van der Waals surface area contributed by atoms with Crippen molar-refractivity contribution in [2.75, 3.05) is 11.3 Å². The van der Waals surface area contributed by atoms with E-state index >= 15 is 0 Å². The third-order valence-corrected chi connectivity index (χ3v) is 7.06. The third-order valence-electron chi connectivity index (χ3n) is 3.56. The molecular weight excluding hydrogens is 484 g/mol. The van der Waals surface area contributed by atoms with Gasteiger partial charge < -0.3 is 14.5 Å². The summed E-state index contributed by atoms with van der Waals surface area (Å²) in [4.78, 5) is 23.8. The number of amides is 1. The maximum absolute atomic E-state index is 12.3. The Balaban J connectivity index is 1.51. The van der Waals surface area contributed by atoms with Crippen molar-refractivity contribution in [2.24, 2.45) is 0 Å². The Morgan fingerprint density at radius 1 is 1.10 bits per heavy atom. The monoisotopic (exact) mass is 498 g/mol. The Bertz CT molecular complexity index is 1090. The minimum Gasteiger partial charge on any atom is -0.467 e. The lowest BCUT2D eigenvalue weighted by atomic mass is 10.2. The molecule has 1 amide bonds. The van der Waals surface area contributed by atoms with Crippen molar-refractivity contribution in [3.63, 3.8) is 0 Å². The van der Waals surface area contributed by atoms with Gasteiger partial charge in [0.1, 0.15) is 9.97 Å². The number of carbonyl (C=O) groups excluding carboxylic acids is 2. The van der Waals surface area contributed by atoms with Gasteiger partial charge in [-0.15, -0.1) is 11.3 Å². The van der Waals surface area contributed by atoms with Crippen molar-refractivity contribution in [1.82, 2.24) is 5.32 Å². The van der Waals surface area contributed by atoms with Crippen molar-refractivity contribution >= 4 is 54.9 Å². The Kier molecular flexibility index (Phi) is 6.72. The summed E-state index contributed by atoms with van der Waals surface area (Å²) in [5.74, 6) is -0.589. The van der Waals surface area contributed by atoms with Gasteiger partial charge in [-0.2, -0.15) is 0 Å². The van der Waals surface area contributed by atoms with E-state index in [1.807, 2.05) is 0 Å². The molecule has 152 valence electrons. The Morgan fingerprint density at radius 2 is 1.86 bits per heavy atom. The minimum atomic E-state index is -3.71. The first-order valence-corrected chi connectivity index (χ1v) is 11.3. The fourth-order valence-electron chi connectivity index (χ4n) is 2.19.